The monoisotopic (exact) mass is 519 g/mol. The maximum absolute atomic E-state index is 13.0. The van der Waals surface area contributed by atoms with Crippen LogP contribution in [0.4, 0.5) is 0 Å². The number of carboxylic acids is 1. The molecule has 0 rings (SSSR count). The van der Waals surface area contributed by atoms with E-state index in [1.54, 1.807) is 27.7 Å². The molecule has 0 aromatic heterocycles. The van der Waals surface area contributed by atoms with Gasteiger partial charge in [0, 0.05) is 0 Å². The van der Waals surface area contributed by atoms with Crippen molar-refractivity contribution in [3.63, 3.8) is 0 Å². The molecule has 14 heteroatoms. The van der Waals surface area contributed by atoms with Crippen molar-refractivity contribution in [1.29, 1.82) is 0 Å². The van der Waals surface area contributed by atoms with Crippen LogP contribution in [0.3, 0.4) is 0 Å². The van der Waals surface area contributed by atoms with E-state index in [0.717, 1.165) is 6.92 Å². The Morgan fingerprint density at radius 3 is 1.58 bits per heavy atom. The van der Waals surface area contributed by atoms with Crippen molar-refractivity contribution in [1.82, 2.24) is 21.3 Å². The lowest BCUT2D eigenvalue weighted by molar-refractivity contribution is -0.145. The van der Waals surface area contributed by atoms with Gasteiger partial charge in [0.15, 0.2) is 6.04 Å². The average Bonchev–Trinajstić information content (AvgIpc) is 2.80. The molecule has 10 N–H and O–H groups in total. The minimum absolute atomic E-state index is 0.416. The van der Waals surface area contributed by atoms with Gasteiger partial charge in [0.2, 0.25) is 23.6 Å². The van der Waals surface area contributed by atoms with Crippen molar-refractivity contribution in [2.75, 3.05) is 6.61 Å². The van der Waals surface area contributed by atoms with Gasteiger partial charge in [0.05, 0.1) is 18.8 Å². The Morgan fingerprint density at radius 1 is 0.722 bits per heavy atom. The van der Waals surface area contributed by atoms with E-state index >= 15 is 0 Å². The molecule has 0 bridgehead atoms. The molecule has 36 heavy (non-hydrogen) atoms. The number of rotatable bonds is 15. The molecule has 0 aromatic rings. The number of carbonyl (C=O) groups excluding carboxylic acids is 4. The molecule has 0 saturated heterocycles. The van der Waals surface area contributed by atoms with E-state index in [4.69, 9.17) is 10.8 Å². The largest absolute Gasteiger partial charge is 0.480 e. The Morgan fingerprint density at radius 2 is 1.19 bits per heavy atom. The fraction of sp³-hybridized carbons (Fsp3) is 0.773. The Labute approximate surface area is 210 Å². The van der Waals surface area contributed by atoms with E-state index in [1.807, 2.05) is 5.32 Å². The second-order valence-electron chi connectivity index (χ2n) is 9.18. The number of amides is 4. The first-order chi connectivity index (χ1) is 16.6. The lowest BCUT2D eigenvalue weighted by Crippen LogP contribution is -2.62. The van der Waals surface area contributed by atoms with Crippen LogP contribution in [0.25, 0.3) is 0 Å². The third-order valence-electron chi connectivity index (χ3n) is 5.72. The molecule has 8 atom stereocenters. The van der Waals surface area contributed by atoms with Crippen molar-refractivity contribution < 1.29 is 44.4 Å². The van der Waals surface area contributed by atoms with Crippen LogP contribution < -0.4 is 27.0 Å². The van der Waals surface area contributed by atoms with Crippen molar-refractivity contribution in [3.8, 4) is 0 Å². The van der Waals surface area contributed by atoms with E-state index in [0.29, 0.717) is 6.42 Å². The number of carboxylic acid groups (broad SMARTS) is 1. The molecule has 4 amide bonds. The molecule has 0 aromatic carbocycles. The summed E-state index contributed by atoms with van der Waals surface area (Å²) >= 11 is 0. The van der Waals surface area contributed by atoms with Crippen LogP contribution in [-0.2, 0) is 24.0 Å². The summed E-state index contributed by atoms with van der Waals surface area (Å²) in [6.45, 7) is 8.33. The fourth-order valence-corrected chi connectivity index (χ4v) is 3.05. The van der Waals surface area contributed by atoms with Gasteiger partial charge in [-0.3, -0.25) is 19.2 Å². The summed E-state index contributed by atoms with van der Waals surface area (Å²) in [4.78, 5) is 61.9. The molecular formula is C22H41N5O9. The van der Waals surface area contributed by atoms with Gasteiger partial charge in [-0.05, 0) is 25.7 Å². The maximum atomic E-state index is 13.0. The molecule has 0 aliphatic carbocycles. The minimum Gasteiger partial charge on any atom is -0.480 e. The van der Waals surface area contributed by atoms with Crippen LogP contribution in [0.5, 0.6) is 0 Å². The van der Waals surface area contributed by atoms with Crippen LogP contribution in [0, 0.1) is 11.8 Å². The van der Waals surface area contributed by atoms with Crippen molar-refractivity contribution in [3.05, 3.63) is 0 Å². The Hall–Kier alpha value is -2.81. The van der Waals surface area contributed by atoms with Gasteiger partial charge in [-0.2, -0.15) is 0 Å². The smallest absolute Gasteiger partial charge is 0.328 e. The predicted molar refractivity (Wildman–Crippen MR) is 128 cm³/mol. The number of nitrogens with one attached hydrogen (secondary N) is 4. The summed E-state index contributed by atoms with van der Waals surface area (Å²) in [7, 11) is 0. The van der Waals surface area contributed by atoms with Crippen LogP contribution in [0.1, 0.15) is 48.0 Å². The molecule has 0 spiro atoms. The molecule has 0 radical (unpaired) electrons. The Balaban J connectivity index is 5.63. The van der Waals surface area contributed by atoms with E-state index < -0.39 is 90.5 Å². The van der Waals surface area contributed by atoms with Crippen molar-refractivity contribution in [2.45, 2.75) is 90.4 Å². The highest BCUT2D eigenvalue weighted by Gasteiger charge is 2.35. The fourth-order valence-electron chi connectivity index (χ4n) is 3.05. The Kier molecular flexibility index (Phi) is 14.1. The first kappa shape index (κ1) is 33.2. The normalized spacial score (nSPS) is 18.0. The standard InChI is InChI=1S/C22H41N5O9/c1-7-10(4)16(26-20(33)15(9(2)3)25-19(32)14(23)11(5)29)21(34)24-13(8-28)18(31)27-17(12(6)30)22(35)36/h9-17,28-30H,7-8,23H2,1-6H3,(H,24,34)(H,25,32)(H,26,33)(H,27,31)(H,35,36)/t10-,11+,12+,13-,14-,15-,16-,17-/m0/s1. The summed E-state index contributed by atoms with van der Waals surface area (Å²) in [6, 6.07) is -6.78. The first-order valence-electron chi connectivity index (χ1n) is 11.8. The van der Waals surface area contributed by atoms with Gasteiger partial charge in [-0.1, -0.05) is 34.1 Å². The van der Waals surface area contributed by atoms with Crippen LogP contribution in [0.2, 0.25) is 0 Å². The second-order valence-corrected chi connectivity index (χ2v) is 9.18. The van der Waals surface area contributed by atoms with E-state index in [1.165, 1.54) is 6.92 Å². The third-order valence-corrected chi connectivity index (χ3v) is 5.72. The number of aliphatic hydroxyl groups excluding tert-OH is 3. The van der Waals surface area contributed by atoms with Crippen molar-refractivity contribution >= 4 is 29.6 Å². The number of hydrogen-bond acceptors (Lipinski definition) is 9. The predicted octanol–water partition coefficient (Wildman–Crippen LogP) is -3.21. The van der Waals surface area contributed by atoms with Gasteiger partial charge in [0.25, 0.3) is 0 Å². The van der Waals surface area contributed by atoms with Crippen LogP contribution in [0.15, 0.2) is 0 Å². The molecule has 0 saturated carbocycles. The summed E-state index contributed by atoms with van der Waals surface area (Å²) in [5, 5.41) is 47.1. The number of carbonyl (C=O) groups is 5. The van der Waals surface area contributed by atoms with Crippen LogP contribution in [-0.4, -0.2) is 99.0 Å². The van der Waals surface area contributed by atoms with Crippen molar-refractivity contribution in [2.24, 2.45) is 17.6 Å². The molecule has 0 unspecified atom stereocenters. The van der Waals surface area contributed by atoms with E-state index in [9.17, 15) is 39.3 Å². The SMILES string of the molecule is CC[C@H](C)[C@H](NC(=O)[C@@H](NC(=O)[C@@H](N)[C@@H](C)O)C(C)C)C(=O)N[C@@H](CO)C(=O)N[C@H](C(=O)O)[C@@H](C)O. The van der Waals surface area contributed by atoms with Gasteiger partial charge in [-0.15, -0.1) is 0 Å². The lowest BCUT2D eigenvalue weighted by Gasteiger charge is -2.30. The summed E-state index contributed by atoms with van der Waals surface area (Å²) in [5.41, 5.74) is 5.63. The highest BCUT2D eigenvalue weighted by Crippen LogP contribution is 2.11. The maximum Gasteiger partial charge on any atom is 0.328 e. The summed E-state index contributed by atoms with van der Waals surface area (Å²) in [5.74, 6) is -5.71. The molecule has 208 valence electrons. The average molecular weight is 520 g/mol. The molecule has 0 aliphatic heterocycles. The lowest BCUT2D eigenvalue weighted by atomic mass is 9.96. The molecule has 14 nitrogen and oxygen atoms in total. The van der Waals surface area contributed by atoms with Gasteiger partial charge >= 0.3 is 5.97 Å². The van der Waals surface area contributed by atoms with E-state index in [-0.39, 0.29) is 0 Å². The number of hydrogen-bond donors (Lipinski definition) is 9. The zero-order valence-electron chi connectivity index (χ0n) is 21.5. The second kappa shape index (κ2) is 15.3. The molecule has 0 heterocycles. The zero-order chi connectivity index (χ0) is 28.3. The highest BCUT2D eigenvalue weighted by atomic mass is 16.4. The van der Waals surface area contributed by atoms with Gasteiger partial charge < -0.3 is 47.4 Å². The number of aliphatic carboxylic acids is 1. The first-order valence-corrected chi connectivity index (χ1v) is 11.8. The highest BCUT2D eigenvalue weighted by molar-refractivity contribution is 5.95. The summed E-state index contributed by atoms with van der Waals surface area (Å²) < 4.78 is 0. The van der Waals surface area contributed by atoms with E-state index in [2.05, 4.69) is 16.0 Å². The molecule has 0 fully saturated rings. The summed E-state index contributed by atoms with van der Waals surface area (Å²) in [6.07, 6.45) is -2.17. The molecular weight excluding hydrogens is 478 g/mol. The topological polar surface area (TPSA) is 240 Å². The van der Waals surface area contributed by atoms with Gasteiger partial charge in [0.1, 0.15) is 24.2 Å². The minimum atomic E-state index is -1.67. The van der Waals surface area contributed by atoms with Gasteiger partial charge in [-0.25, -0.2) is 4.79 Å². The molecule has 0 aliphatic rings. The third kappa shape index (κ3) is 10.0. The zero-order valence-corrected chi connectivity index (χ0v) is 21.5. The quantitative estimate of drug-likeness (QED) is 0.105. The van der Waals surface area contributed by atoms with Crippen LogP contribution >= 0.6 is 0 Å². The Bertz CT molecular complexity index is 775. The number of nitrogens with two attached hydrogens (primary N) is 1. The number of aliphatic hydroxyl groups is 3.